The van der Waals surface area contributed by atoms with E-state index in [1.807, 2.05) is 48.7 Å². The first-order valence-corrected chi connectivity index (χ1v) is 12.0. The van der Waals surface area contributed by atoms with Crippen LogP contribution in [0.15, 0.2) is 70.8 Å². The zero-order valence-corrected chi connectivity index (χ0v) is 18.6. The second-order valence-corrected chi connectivity index (χ2v) is 9.59. The molecule has 0 saturated carbocycles. The minimum atomic E-state index is -3.76. The topological polar surface area (TPSA) is 108 Å². The van der Waals surface area contributed by atoms with Crippen LogP contribution in [0.25, 0.3) is 16.6 Å². The van der Waals surface area contributed by atoms with Gasteiger partial charge in [-0.15, -0.1) is 0 Å². The second kappa shape index (κ2) is 8.26. The van der Waals surface area contributed by atoms with Gasteiger partial charge in [0.1, 0.15) is 11.4 Å². The first-order valence-electron chi connectivity index (χ1n) is 9.43. The molecule has 2 N–H and O–H groups in total. The molecule has 0 atom stereocenters. The number of aryl methyl sites for hydroxylation is 1. The number of hydrogen-bond donors (Lipinski definition) is 1. The lowest BCUT2D eigenvalue weighted by atomic mass is 10.2. The lowest BCUT2D eigenvalue weighted by molar-refractivity contribution is 0.102. The number of benzene rings is 2. The summed E-state index contributed by atoms with van der Waals surface area (Å²) in [6.07, 6.45) is 1.51. The number of ketones is 1. The summed E-state index contributed by atoms with van der Waals surface area (Å²) < 4.78 is 24.9. The third kappa shape index (κ3) is 4.25. The quantitative estimate of drug-likeness (QED) is 0.272. The van der Waals surface area contributed by atoms with Crippen molar-refractivity contribution in [1.29, 1.82) is 0 Å². The molecule has 0 radical (unpaired) electrons. The summed E-state index contributed by atoms with van der Waals surface area (Å²) in [6, 6.07) is 15.8. The number of carbonyl (C=O) groups is 1. The average Bonchev–Trinajstić information content (AvgIpc) is 3.05. The lowest BCUT2D eigenvalue weighted by Crippen LogP contribution is -2.12. The van der Waals surface area contributed by atoms with Crippen LogP contribution in [0.3, 0.4) is 0 Å². The maximum Gasteiger partial charge on any atom is 0.238 e. The molecule has 4 aromatic rings. The molecule has 0 saturated heterocycles. The van der Waals surface area contributed by atoms with Gasteiger partial charge in [-0.1, -0.05) is 30.0 Å². The SMILES string of the molecule is Cc1cc(C(=O)CSc2ncnc3ccccc23)c(C)n1-c1ccc(S(N)(=O)=O)cc1. The van der Waals surface area contributed by atoms with Gasteiger partial charge < -0.3 is 4.57 Å². The van der Waals surface area contributed by atoms with E-state index >= 15 is 0 Å². The summed E-state index contributed by atoms with van der Waals surface area (Å²) in [6.45, 7) is 3.78. The molecule has 0 spiro atoms. The third-order valence-corrected chi connectivity index (χ3v) is 6.94. The molecule has 2 heterocycles. The summed E-state index contributed by atoms with van der Waals surface area (Å²) in [5.74, 6) is 0.239. The Morgan fingerprint density at radius 3 is 2.48 bits per heavy atom. The van der Waals surface area contributed by atoms with Gasteiger partial charge in [-0.3, -0.25) is 4.79 Å². The molecule has 0 bridgehead atoms. The predicted molar refractivity (Wildman–Crippen MR) is 121 cm³/mol. The van der Waals surface area contributed by atoms with E-state index in [0.717, 1.165) is 33.0 Å². The highest BCUT2D eigenvalue weighted by atomic mass is 32.2. The molecule has 31 heavy (non-hydrogen) atoms. The number of carbonyl (C=O) groups excluding carboxylic acids is 1. The summed E-state index contributed by atoms with van der Waals surface area (Å²) in [5.41, 5.74) is 3.89. The molecule has 4 rings (SSSR count). The number of nitrogens with zero attached hydrogens (tertiary/aromatic N) is 3. The van der Waals surface area contributed by atoms with E-state index in [1.54, 1.807) is 12.1 Å². The summed E-state index contributed by atoms with van der Waals surface area (Å²) in [7, 11) is -3.76. The third-order valence-electron chi connectivity index (χ3n) is 5.00. The largest absolute Gasteiger partial charge is 0.318 e. The highest BCUT2D eigenvalue weighted by molar-refractivity contribution is 8.00. The molecule has 0 aliphatic heterocycles. The van der Waals surface area contributed by atoms with Crippen LogP contribution in [0.4, 0.5) is 0 Å². The molecule has 0 aliphatic rings. The monoisotopic (exact) mass is 452 g/mol. The standard InChI is InChI=1S/C22H20N4O3S2/c1-14-11-19(15(2)26(14)16-7-9-17(10-8-16)31(23,28)29)21(27)12-30-22-18-5-3-4-6-20(18)24-13-25-22/h3-11,13H,12H2,1-2H3,(H2,23,28,29). The number of para-hydroxylation sites is 1. The molecule has 2 aromatic heterocycles. The van der Waals surface area contributed by atoms with E-state index in [9.17, 15) is 13.2 Å². The van der Waals surface area contributed by atoms with Crippen LogP contribution < -0.4 is 5.14 Å². The maximum absolute atomic E-state index is 13.0. The van der Waals surface area contributed by atoms with Gasteiger partial charge in [-0.05, 0) is 50.2 Å². The van der Waals surface area contributed by atoms with Gasteiger partial charge in [-0.25, -0.2) is 23.5 Å². The van der Waals surface area contributed by atoms with Crippen LogP contribution in [0.2, 0.25) is 0 Å². The van der Waals surface area contributed by atoms with Crippen molar-refractivity contribution in [2.24, 2.45) is 5.14 Å². The van der Waals surface area contributed by atoms with Crippen LogP contribution in [-0.4, -0.2) is 34.5 Å². The fourth-order valence-corrected chi connectivity index (χ4v) is 4.92. The Bertz CT molecular complexity index is 1390. The van der Waals surface area contributed by atoms with E-state index in [0.29, 0.717) is 5.56 Å². The van der Waals surface area contributed by atoms with Crippen molar-refractivity contribution in [3.05, 3.63) is 77.9 Å². The fraction of sp³-hybridized carbons (Fsp3) is 0.136. The first kappa shape index (κ1) is 21.2. The van der Waals surface area contributed by atoms with Crippen molar-refractivity contribution in [3.63, 3.8) is 0 Å². The zero-order chi connectivity index (χ0) is 22.2. The number of sulfonamides is 1. The number of rotatable bonds is 6. The number of Topliss-reactive ketones (excluding diaryl/α,β-unsaturated/α-hetero) is 1. The van der Waals surface area contributed by atoms with Crippen LogP contribution in [0, 0.1) is 13.8 Å². The van der Waals surface area contributed by atoms with Crippen molar-refractivity contribution in [1.82, 2.24) is 14.5 Å². The van der Waals surface area contributed by atoms with Crippen LogP contribution in [-0.2, 0) is 10.0 Å². The summed E-state index contributed by atoms with van der Waals surface area (Å²) in [4.78, 5) is 21.6. The minimum absolute atomic E-state index is 0.00630. The Hall–Kier alpha value is -3.01. The van der Waals surface area contributed by atoms with E-state index in [1.165, 1.54) is 30.2 Å². The zero-order valence-electron chi connectivity index (χ0n) is 16.9. The van der Waals surface area contributed by atoms with Crippen molar-refractivity contribution < 1.29 is 13.2 Å². The molecule has 2 aromatic carbocycles. The van der Waals surface area contributed by atoms with Crippen molar-refractivity contribution in [2.45, 2.75) is 23.8 Å². The Balaban J connectivity index is 1.58. The van der Waals surface area contributed by atoms with Crippen LogP contribution in [0.1, 0.15) is 21.7 Å². The highest BCUT2D eigenvalue weighted by Gasteiger charge is 2.18. The average molecular weight is 453 g/mol. The Labute approximate surface area is 184 Å². The number of nitrogens with two attached hydrogens (primary N) is 1. The summed E-state index contributed by atoms with van der Waals surface area (Å²) >= 11 is 1.39. The molecule has 0 fully saturated rings. The molecular formula is C22H20N4O3S2. The smallest absolute Gasteiger partial charge is 0.238 e. The highest BCUT2D eigenvalue weighted by Crippen LogP contribution is 2.27. The molecule has 0 aliphatic carbocycles. The molecule has 9 heteroatoms. The van der Waals surface area contributed by atoms with E-state index in [2.05, 4.69) is 9.97 Å². The molecule has 0 unspecified atom stereocenters. The maximum atomic E-state index is 13.0. The predicted octanol–water partition coefficient (Wildman–Crippen LogP) is 3.66. The van der Waals surface area contributed by atoms with E-state index in [-0.39, 0.29) is 16.4 Å². The fourth-order valence-electron chi connectivity index (χ4n) is 3.53. The number of aromatic nitrogens is 3. The molecule has 158 valence electrons. The van der Waals surface area contributed by atoms with Gasteiger partial charge in [0.25, 0.3) is 0 Å². The van der Waals surface area contributed by atoms with Gasteiger partial charge in [0.15, 0.2) is 5.78 Å². The normalized spacial score (nSPS) is 11.7. The van der Waals surface area contributed by atoms with Crippen LogP contribution in [0.5, 0.6) is 0 Å². The van der Waals surface area contributed by atoms with Crippen molar-refractivity contribution >= 4 is 38.5 Å². The second-order valence-electron chi connectivity index (χ2n) is 7.07. The van der Waals surface area contributed by atoms with E-state index in [4.69, 9.17) is 5.14 Å². The first-order chi connectivity index (χ1) is 14.8. The van der Waals surface area contributed by atoms with Gasteiger partial charge in [0.2, 0.25) is 10.0 Å². The Kier molecular flexibility index (Phi) is 5.65. The van der Waals surface area contributed by atoms with Crippen molar-refractivity contribution in [2.75, 3.05) is 5.75 Å². The minimum Gasteiger partial charge on any atom is -0.318 e. The number of hydrogen-bond acceptors (Lipinski definition) is 6. The summed E-state index contributed by atoms with van der Waals surface area (Å²) in [5, 5.41) is 6.86. The van der Waals surface area contributed by atoms with Gasteiger partial charge in [0.05, 0.1) is 16.2 Å². The van der Waals surface area contributed by atoms with Gasteiger partial charge in [0, 0.05) is 28.0 Å². The lowest BCUT2D eigenvalue weighted by Gasteiger charge is -2.10. The van der Waals surface area contributed by atoms with Gasteiger partial charge >= 0.3 is 0 Å². The molecule has 7 nitrogen and oxygen atoms in total. The van der Waals surface area contributed by atoms with Crippen molar-refractivity contribution in [3.8, 4) is 5.69 Å². The van der Waals surface area contributed by atoms with Crippen LogP contribution >= 0.6 is 11.8 Å². The Morgan fingerprint density at radius 1 is 1.06 bits per heavy atom. The number of primary sulfonamides is 1. The number of fused-ring (bicyclic) bond motifs is 1. The molecular weight excluding hydrogens is 432 g/mol. The molecule has 0 amide bonds. The van der Waals surface area contributed by atoms with Gasteiger partial charge in [-0.2, -0.15) is 0 Å². The van der Waals surface area contributed by atoms with E-state index < -0.39 is 10.0 Å². The Morgan fingerprint density at radius 2 is 1.77 bits per heavy atom. The number of thioether (sulfide) groups is 1.